The van der Waals surface area contributed by atoms with Crippen LogP contribution in [0.3, 0.4) is 0 Å². The summed E-state index contributed by atoms with van der Waals surface area (Å²) >= 11 is 3.73. The van der Waals surface area contributed by atoms with Crippen LogP contribution in [0.5, 0.6) is 5.75 Å². The van der Waals surface area contributed by atoms with E-state index < -0.39 is 0 Å². The molecule has 1 saturated heterocycles. The average molecular weight is 338 g/mol. The van der Waals surface area contributed by atoms with Crippen LogP contribution in [-0.4, -0.2) is 20.2 Å². The van der Waals surface area contributed by atoms with E-state index in [9.17, 15) is 0 Å². The number of piperidine rings is 1. The number of methoxy groups -OCH3 is 1. The third-order valence-corrected chi connectivity index (χ3v) is 5.45. The SMILES string of the molecule is COc1c(Br)cc(C2CCCNC2)cc1C1CCCC1. The van der Waals surface area contributed by atoms with Crippen LogP contribution in [-0.2, 0) is 0 Å². The lowest BCUT2D eigenvalue weighted by Gasteiger charge is -2.25. The van der Waals surface area contributed by atoms with Crippen LogP contribution in [0, 0.1) is 0 Å². The molecule has 1 heterocycles. The van der Waals surface area contributed by atoms with Crippen molar-refractivity contribution in [1.82, 2.24) is 5.32 Å². The second kappa shape index (κ2) is 6.48. The van der Waals surface area contributed by atoms with E-state index in [2.05, 4.69) is 33.4 Å². The highest BCUT2D eigenvalue weighted by atomic mass is 79.9. The minimum absolute atomic E-state index is 0.658. The number of hydrogen-bond donors (Lipinski definition) is 1. The zero-order valence-corrected chi connectivity index (χ0v) is 13.8. The molecule has 1 aromatic carbocycles. The molecule has 1 saturated carbocycles. The molecular weight excluding hydrogens is 314 g/mol. The van der Waals surface area contributed by atoms with Crippen LogP contribution in [0.2, 0.25) is 0 Å². The van der Waals surface area contributed by atoms with Gasteiger partial charge in [-0.15, -0.1) is 0 Å². The summed E-state index contributed by atoms with van der Waals surface area (Å²) in [6.45, 7) is 2.28. The van der Waals surface area contributed by atoms with E-state index >= 15 is 0 Å². The zero-order chi connectivity index (χ0) is 13.9. The highest BCUT2D eigenvalue weighted by molar-refractivity contribution is 9.10. The van der Waals surface area contributed by atoms with E-state index in [1.54, 1.807) is 7.11 Å². The molecule has 0 spiro atoms. The highest BCUT2D eigenvalue weighted by Crippen LogP contribution is 2.43. The molecule has 1 aliphatic heterocycles. The summed E-state index contributed by atoms with van der Waals surface area (Å²) in [5.41, 5.74) is 2.91. The van der Waals surface area contributed by atoms with Gasteiger partial charge in [0.15, 0.2) is 0 Å². The second-order valence-electron chi connectivity index (χ2n) is 6.15. The lowest BCUT2D eigenvalue weighted by molar-refractivity contribution is 0.401. The maximum absolute atomic E-state index is 5.67. The summed E-state index contributed by atoms with van der Waals surface area (Å²) in [6, 6.07) is 4.70. The number of rotatable bonds is 3. The van der Waals surface area contributed by atoms with Gasteiger partial charge in [0.1, 0.15) is 5.75 Å². The molecule has 1 unspecified atom stereocenters. The lowest BCUT2D eigenvalue weighted by Crippen LogP contribution is -2.28. The average Bonchev–Trinajstić information content (AvgIpc) is 3.01. The quantitative estimate of drug-likeness (QED) is 0.871. The first-order valence-electron chi connectivity index (χ1n) is 7.87. The minimum Gasteiger partial charge on any atom is -0.495 e. The van der Waals surface area contributed by atoms with Crippen molar-refractivity contribution < 1.29 is 4.74 Å². The first-order chi connectivity index (χ1) is 9.79. The lowest BCUT2D eigenvalue weighted by atomic mass is 9.87. The van der Waals surface area contributed by atoms with Gasteiger partial charge in [-0.25, -0.2) is 0 Å². The van der Waals surface area contributed by atoms with E-state index in [1.165, 1.54) is 56.2 Å². The Kier molecular flexibility index (Phi) is 4.67. The monoisotopic (exact) mass is 337 g/mol. The van der Waals surface area contributed by atoms with Gasteiger partial charge in [-0.05, 0) is 77.2 Å². The smallest absolute Gasteiger partial charge is 0.136 e. The Morgan fingerprint density at radius 3 is 2.50 bits per heavy atom. The fraction of sp³-hybridized carbons (Fsp3) is 0.647. The van der Waals surface area contributed by atoms with Gasteiger partial charge in [-0.3, -0.25) is 0 Å². The van der Waals surface area contributed by atoms with Crippen molar-refractivity contribution in [1.29, 1.82) is 0 Å². The maximum atomic E-state index is 5.67. The maximum Gasteiger partial charge on any atom is 0.136 e. The molecule has 3 rings (SSSR count). The van der Waals surface area contributed by atoms with Crippen molar-refractivity contribution in [2.75, 3.05) is 20.2 Å². The molecule has 0 aromatic heterocycles. The van der Waals surface area contributed by atoms with Crippen molar-refractivity contribution in [2.45, 2.75) is 50.4 Å². The summed E-state index contributed by atoms with van der Waals surface area (Å²) < 4.78 is 6.80. The molecule has 110 valence electrons. The summed E-state index contributed by atoms with van der Waals surface area (Å²) in [5.74, 6) is 2.41. The predicted molar refractivity (Wildman–Crippen MR) is 86.7 cm³/mol. The van der Waals surface area contributed by atoms with Gasteiger partial charge >= 0.3 is 0 Å². The van der Waals surface area contributed by atoms with Crippen LogP contribution >= 0.6 is 15.9 Å². The molecule has 0 amide bonds. The summed E-state index contributed by atoms with van der Waals surface area (Å²) in [4.78, 5) is 0. The van der Waals surface area contributed by atoms with Gasteiger partial charge in [0.05, 0.1) is 11.6 Å². The second-order valence-corrected chi connectivity index (χ2v) is 7.00. The Morgan fingerprint density at radius 2 is 1.85 bits per heavy atom. The summed E-state index contributed by atoms with van der Waals surface area (Å²) in [5, 5.41) is 3.52. The number of benzene rings is 1. The fourth-order valence-corrected chi connectivity index (χ4v) is 4.42. The van der Waals surface area contributed by atoms with Crippen LogP contribution in [0.4, 0.5) is 0 Å². The molecule has 1 aromatic rings. The normalized spacial score (nSPS) is 24.0. The Labute approximate surface area is 130 Å². The van der Waals surface area contributed by atoms with Gasteiger partial charge in [-0.1, -0.05) is 18.9 Å². The van der Waals surface area contributed by atoms with Crippen molar-refractivity contribution in [3.63, 3.8) is 0 Å². The Bertz CT molecular complexity index is 462. The van der Waals surface area contributed by atoms with E-state index in [0.29, 0.717) is 11.8 Å². The number of nitrogens with one attached hydrogen (secondary N) is 1. The minimum atomic E-state index is 0.658. The molecule has 2 aliphatic rings. The van der Waals surface area contributed by atoms with Crippen molar-refractivity contribution in [3.8, 4) is 5.75 Å². The first kappa shape index (κ1) is 14.4. The zero-order valence-electron chi connectivity index (χ0n) is 12.3. The van der Waals surface area contributed by atoms with Gasteiger partial charge in [-0.2, -0.15) is 0 Å². The Hall–Kier alpha value is -0.540. The molecular formula is C17H24BrNO. The van der Waals surface area contributed by atoms with E-state index in [0.717, 1.165) is 16.8 Å². The third kappa shape index (κ3) is 2.89. The van der Waals surface area contributed by atoms with Crippen LogP contribution in [0.15, 0.2) is 16.6 Å². The van der Waals surface area contributed by atoms with E-state index in [-0.39, 0.29) is 0 Å². The number of ether oxygens (including phenoxy) is 1. The van der Waals surface area contributed by atoms with Crippen molar-refractivity contribution >= 4 is 15.9 Å². The largest absolute Gasteiger partial charge is 0.495 e. The molecule has 1 aliphatic carbocycles. The van der Waals surface area contributed by atoms with Crippen molar-refractivity contribution in [2.24, 2.45) is 0 Å². The Balaban J connectivity index is 1.95. The standard InChI is InChI=1S/C17H24BrNO/c1-20-17-15(12-5-2-3-6-12)9-14(10-16(17)18)13-7-4-8-19-11-13/h9-10,12-13,19H,2-8,11H2,1H3. The van der Waals surface area contributed by atoms with Gasteiger partial charge < -0.3 is 10.1 Å². The molecule has 3 heteroatoms. The molecule has 0 bridgehead atoms. The van der Waals surface area contributed by atoms with Crippen LogP contribution in [0.25, 0.3) is 0 Å². The molecule has 1 N–H and O–H groups in total. The van der Waals surface area contributed by atoms with Crippen molar-refractivity contribution in [3.05, 3.63) is 27.7 Å². The Morgan fingerprint density at radius 1 is 1.10 bits per heavy atom. The molecule has 20 heavy (non-hydrogen) atoms. The van der Waals surface area contributed by atoms with Gasteiger partial charge in [0.25, 0.3) is 0 Å². The first-order valence-corrected chi connectivity index (χ1v) is 8.67. The van der Waals surface area contributed by atoms with E-state index in [4.69, 9.17) is 4.74 Å². The highest BCUT2D eigenvalue weighted by Gasteiger charge is 2.25. The summed E-state index contributed by atoms with van der Waals surface area (Å²) in [6.07, 6.45) is 7.94. The predicted octanol–water partition coefficient (Wildman–Crippen LogP) is 4.58. The van der Waals surface area contributed by atoms with E-state index in [1.807, 2.05) is 0 Å². The fourth-order valence-electron chi connectivity index (χ4n) is 3.76. The molecule has 1 atom stereocenters. The topological polar surface area (TPSA) is 21.3 Å². The van der Waals surface area contributed by atoms with Crippen LogP contribution in [0.1, 0.15) is 61.5 Å². The third-order valence-electron chi connectivity index (χ3n) is 4.86. The molecule has 0 radical (unpaired) electrons. The molecule has 2 nitrogen and oxygen atoms in total. The number of halogens is 1. The van der Waals surface area contributed by atoms with Crippen LogP contribution < -0.4 is 10.1 Å². The number of hydrogen-bond acceptors (Lipinski definition) is 2. The van der Waals surface area contributed by atoms with Gasteiger partial charge in [0.2, 0.25) is 0 Å². The summed E-state index contributed by atoms with van der Waals surface area (Å²) in [7, 11) is 1.79. The molecule has 2 fully saturated rings. The van der Waals surface area contributed by atoms with Gasteiger partial charge in [0, 0.05) is 6.54 Å².